The van der Waals surface area contributed by atoms with Gasteiger partial charge in [0.15, 0.2) is 5.58 Å². The summed E-state index contributed by atoms with van der Waals surface area (Å²) < 4.78 is 13.6. The first-order valence-corrected chi connectivity index (χ1v) is 12.3. The molecule has 2 aromatic heterocycles. The number of aromatic nitrogens is 1. The van der Waals surface area contributed by atoms with E-state index in [9.17, 15) is 9.59 Å². The average Bonchev–Trinajstić information content (AvgIpc) is 3.35. The van der Waals surface area contributed by atoms with Crippen LogP contribution in [0.2, 0.25) is 0 Å². The molecule has 1 saturated carbocycles. The predicted molar refractivity (Wildman–Crippen MR) is 130 cm³/mol. The number of fused-ring (bicyclic) bond motifs is 3. The van der Waals surface area contributed by atoms with Gasteiger partial charge in [0.05, 0.1) is 25.2 Å². The first-order valence-electron chi connectivity index (χ1n) is 12.3. The van der Waals surface area contributed by atoms with Crippen molar-refractivity contribution in [1.82, 2.24) is 14.8 Å². The molecule has 1 fully saturated rings. The van der Waals surface area contributed by atoms with Crippen LogP contribution in [0.25, 0.3) is 11.1 Å². The minimum absolute atomic E-state index is 0.102. The van der Waals surface area contributed by atoms with Crippen molar-refractivity contribution >= 4 is 22.9 Å². The summed E-state index contributed by atoms with van der Waals surface area (Å²) in [6.45, 7) is 6.90. The Morgan fingerprint density at radius 3 is 2.74 bits per heavy atom. The van der Waals surface area contributed by atoms with Gasteiger partial charge in [-0.1, -0.05) is 37.5 Å². The Labute approximate surface area is 200 Å². The van der Waals surface area contributed by atoms with Crippen LogP contribution in [0, 0.1) is 6.92 Å². The summed E-state index contributed by atoms with van der Waals surface area (Å²) in [5.74, 6) is 1.24. The molecule has 1 atom stereocenters. The molecule has 2 aliphatic rings. The van der Waals surface area contributed by atoms with Crippen molar-refractivity contribution in [3.8, 4) is 5.75 Å². The Morgan fingerprint density at radius 1 is 1.21 bits per heavy atom. The molecule has 2 amide bonds. The highest BCUT2D eigenvalue weighted by molar-refractivity contribution is 6.03. The zero-order valence-corrected chi connectivity index (χ0v) is 20.2. The largest absolute Gasteiger partial charge is 0.494 e. The molecule has 34 heavy (non-hydrogen) atoms. The smallest absolute Gasteiger partial charge is 0.271 e. The number of ether oxygens (including phenoxy) is 1. The standard InChI is InChI=1S/C27H33N3O4/c1-4-33-23-13-9-8-10-19(23)16-30-25(31)22-15-24-21(14-18(2)34-24)29(22)17-27(30,3)26(32)28-20-11-6-5-7-12-20/h8-10,13-15,20H,4-7,11-12,16-17H2,1-3H3,(H,28,32)/t27-/m1/s1. The molecule has 0 unspecified atom stereocenters. The highest BCUT2D eigenvalue weighted by Crippen LogP contribution is 2.36. The summed E-state index contributed by atoms with van der Waals surface area (Å²) >= 11 is 0. The number of benzene rings is 1. The van der Waals surface area contributed by atoms with Gasteiger partial charge in [0.2, 0.25) is 5.91 Å². The molecule has 1 aliphatic carbocycles. The van der Waals surface area contributed by atoms with E-state index in [0.29, 0.717) is 24.4 Å². The molecule has 1 aromatic carbocycles. The number of hydrogen-bond acceptors (Lipinski definition) is 4. The summed E-state index contributed by atoms with van der Waals surface area (Å²) in [4.78, 5) is 29.5. The van der Waals surface area contributed by atoms with Crippen molar-refractivity contribution < 1.29 is 18.7 Å². The summed E-state index contributed by atoms with van der Waals surface area (Å²) in [7, 11) is 0. The lowest BCUT2D eigenvalue weighted by atomic mass is 9.91. The molecule has 0 radical (unpaired) electrons. The van der Waals surface area contributed by atoms with E-state index in [2.05, 4.69) is 5.32 Å². The van der Waals surface area contributed by atoms with Crippen molar-refractivity contribution in [3.05, 3.63) is 53.4 Å². The maximum absolute atomic E-state index is 13.9. The van der Waals surface area contributed by atoms with E-state index in [-0.39, 0.29) is 24.4 Å². The molecule has 1 aliphatic heterocycles. The second-order valence-electron chi connectivity index (χ2n) is 9.74. The van der Waals surface area contributed by atoms with Gasteiger partial charge in [0, 0.05) is 23.7 Å². The SMILES string of the molecule is CCOc1ccccc1CN1C(=O)c2cc3oc(C)cc3n2C[C@]1(C)C(=O)NC1CCCCC1. The number of carbonyl (C=O) groups is 2. The molecule has 5 rings (SSSR count). The zero-order chi connectivity index (χ0) is 23.9. The van der Waals surface area contributed by atoms with E-state index < -0.39 is 5.54 Å². The minimum atomic E-state index is -1.06. The third-order valence-corrected chi connectivity index (χ3v) is 7.27. The topological polar surface area (TPSA) is 76.7 Å². The Balaban J connectivity index is 1.55. The van der Waals surface area contributed by atoms with Crippen LogP contribution in [-0.4, -0.2) is 39.5 Å². The van der Waals surface area contributed by atoms with Gasteiger partial charge in [-0.25, -0.2) is 0 Å². The summed E-state index contributed by atoms with van der Waals surface area (Å²) in [6.07, 6.45) is 5.45. The molecule has 1 N–H and O–H groups in total. The lowest BCUT2D eigenvalue weighted by molar-refractivity contribution is -0.134. The molecule has 3 heterocycles. The number of furan rings is 1. The van der Waals surface area contributed by atoms with Crippen LogP contribution in [0.5, 0.6) is 5.75 Å². The van der Waals surface area contributed by atoms with Crippen molar-refractivity contribution in [1.29, 1.82) is 0 Å². The van der Waals surface area contributed by atoms with Crippen LogP contribution in [-0.2, 0) is 17.9 Å². The van der Waals surface area contributed by atoms with E-state index in [0.717, 1.165) is 48.3 Å². The lowest BCUT2D eigenvalue weighted by Gasteiger charge is -2.45. The first-order chi connectivity index (χ1) is 16.4. The fourth-order valence-electron chi connectivity index (χ4n) is 5.40. The maximum atomic E-state index is 13.9. The van der Waals surface area contributed by atoms with Gasteiger partial charge in [-0.05, 0) is 39.7 Å². The van der Waals surface area contributed by atoms with Gasteiger partial charge < -0.3 is 23.9 Å². The van der Waals surface area contributed by atoms with Gasteiger partial charge in [-0.15, -0.1) is 0 Å². The Hall–Kier alpha value is -3.22. The highest BCUT2D eigenvalue weighted by atomic mass is 16.5. The second kappa shape index (κ2) is 8.85. The fraction of sp³-hybridized carbons (Fsp3) is 0.481. The maximum Gasteiger partial charge on any atom is 0.271 e. The number of amides is 2. The van der Waals surface area contributed by atoms with Crippen LogP contribution in [0.1, 0.15) is 67.8 Å². The van der Waals surface area contributed by atoms with Crippen LogP contribution in [0.3, 0.4) is 0 Å². The lowest BCUT2D eigenvalue weighted by Crippen LogP contribution is -2.64. The van der Waals surface area contributed by atoms with Crippen molar-refractivity contribution in [3.63, 3.8) is 0 Å². The van der Waals surface area contributed by atoms with Crippen LogP contribution >= 0.6 is 0 Å². The third kappa shape index (κ3) is 3.87. The molecular weight excluding hydrogens is 430 g/mol. The molecule has 7 heteroatoms. The highest BCUT2D eigenvalue weighted by Gasteiger charge is 2.48. The van der Waals surface area contributed by atoms with Gasteiger partial charge in [-0.2, -0.15) is 0 Å². The molecule has 0 saturated heterocycles. The van der Waals surface area contributed by atoms with Crippen LogP contribution in [0.4, 0.5) is 0 Å². The predicted octanol–water partition coefficient (Wildman–Crippen LogP) is 4.81. The van der Waals surface area contributed by atoms with Crippen molar-refractivity contribution in [2.24, 2.45) is 0 Å². The molecule has 180 valence electrons. The average molecular weight is 464 g/mol. The molecule has 0 bridgehead atoms. The normalized spacial score (nSPS) is 21.0. The van der Waals surface area contributed by atoms with Gasteiger partial charge in [0.25, 0.3) is 5.91 Å². The van der Waals surface area contributed by atoms with E-state index in [4.69, 9.17) is 9.15 Å². The van der Waals surface area contributed by atoms with E-state index in [1.165, 1.54) is 6.42 Å². The Kier molecular flexibility index (Phi) is 5.88. The van der Waals surface area contributed by atoms with Gasteiger partial charge in [-0.3, -0.25) is 9.59 Å². The number of hydrogen-bond donors (Lipinski definition) is 1. The number of aryl methyl sites for hydroxylation is 1. The van der Waals surface area contributed by atoms with E-state index in [1.807, 2.05) is 55.7 Å². The first kappa shape index (κ1) is 22.6. The second-order valence-corrected chi connectivity index (χ2v) is 9.74. The summed E-state index contributed by atoms with van der Waals surface area (Å²) in [6, 6.07) is 11.6. The number of nitrogens with one attached hydrogen (secondary N) is 1. The van der Waals surface area contributed by atoms with E-state index >= 15 is 0 Å². The summed E-state index contributed by atoms with van der Waals surface area (Å²) in [5, 5.41) is 3.28. The number of nitrogens with zero attached hydrogens (tertiary/aromatic N) is 2. The quantitative estimate of drug-likeness (QED) is 0.569. The fourth-order valence-corrected chi connectivity index (χ4v) is 5.40. The molecule has 0 spiro atoms. The van der Waals surface area contributed by atoms with Crippen molar-refractivity contribution in [2.75, 3.05) is 6.61 Å². The summed E-state index contributed by atoms with van der Waals surface area (Å²) in [5.41, 5.74) is 1.90. The molecular formula is C27H33N3O4. The monoisotopic (exact) mass is 463 g/mol. The third-order valence-electron chi connectivity index (χ3n) is 7.27. The molecule has 3 aromatic rings. The zero-order valence-electron chi connectivity index (χ0n) is 20.2. The molecule has 7 nitrogen and oxygen atoms in total. The number of rotatable bonds is 6. The van der Waals surface area contributed by atoms with Crippen LogP contribution < -0.4 is 10.1 Å². The van der Waals surface area contributed by atoms with Gasteiger partial charge >= 0.3 is 0 Å². The number of para-hydroxylation sites is 1. The minimum Gasteiger partial charge on any atom is -0.494 e. The Bertz CT molecular complexity index is 1220. The van der Waals surface area contributed by atoms with Crippen molar-refractivity contribution in [2.45, 2.75) is 77.5 Å². The number of carbonyl (C=O) groups excluding carboxylic acids is 2. The van der Waals surface area contributed by atoms with E-state index in [1.54, 1.807) is 11.0 Å². The van der Waals surface area contributed by atoms with Gasteiger partial charge in [0.1, 0.15) is 22.7 Å². The Morgan fingerprint density at radius 2 is 1.97 bits per heavy atom. The van der Waals surface area contributed by atoms with Crippen LogP contribution in [0.15, 0.2) is 40.8 Å².